The molecule has 653 valence electrons. The number of para-hydroxylation sites is 10. The smallest absolute Gasteiger partial charge is 0.157 e. The van der Waals surface area contributed by atoms with Gasteiger partial charge in [-0.05, 0) is 266 Å². The van der Waals surface area contributed by atoms with Crippen molar-refractivity contribution in [1.29, 1.82) is 0 Å². The van der Waals surface area contributed by atoms with Crippen molar-refractivity contribution in [2.75, 3.05) is 14.2 Å². The minimum atomic E-state index is 0. The number of phenols is 2. The zero-order valence-corrected chi connectivity index (χ0v) is 80.4. The van der Waals surface area contributed by atoms with Crippen LogP contribution < -0.4 is 25.7 Å². The molecule has 132 heavy (non-hydrogen) atoms. The van der Waals surface area contributed by atoms with E-state index in [0.717, 1.165) is 112 Å². The molecule has 0 unspecified atom stereocenters. The molecule has 1 aliphatic rings. The third-order valence-electron chi connectivity index (χ3n) is 23.0. The number of aromatic nitrogens is 5. The lowest BCUT2D eigenvalue weighted by molar-refractivity contribution is 0.303. The number of H-pyrrole nitrogens is 1. The van der Waals surface area contributed by atoms with Gasteiger partial charge in [-0.25, -0.2) is 0 Å². The van der Waals surface area contributed by atoms with Gasteiger partial charge in [-0.1, -0.05) is 245 Å². The van der Waals surface area contributed by atoms with Crippen LogP contribution in [0.3, 0.4) is 0 Å². The molecule has 0 amide bonds. The maximum Gasteiger partial charge on any atom is 0.157 e. The molecule has 7 N–H and O–H groups in total. The molecule has 1 aliphatic carbocycles. The van der Waals surface area contributed by atoms with E-state index in [4.69, 9.17) is 25.7 Å². The highest BCUT2D eigenvalue weighted by atomic mass is 79.9. The molecular weight excluding hydrogens is 1880 g/mol. The van der Waals surface area contributed by atoms with Crippen molar-refractivity contribution >= 4 is 211 Å². The fraction of sp³-hybridized carbons (Fsp3) is 0.135. The molecule has 1 saturated carbocycles. The molecule has 21 heteroatoms. The molecule has 2 atom stereocenters. The number of methoxy groups -OCH3 is 2. The van der Waals surface area contributed by atoms with Crippen LogP contribution in [0.2, 0.25) is 0 Å². The standard InChI is InChI=1S/C26H20BrNO.C20H16BrNO.C19H14BrNO.C19H15NO.C12H9N.C8H9BrO.C6H14N2.CH4.B3.B2/c1-18-15-22(27)26(29-17-19-9-3-2-4-10-19)25(16-18)28-23-13-7-5-11-20(23)21-12-6-8-14-24(21)28;1-13-11-16(21)20(23-2)19(12-13)22-17-9-5-3-7-14(17)15-8-4-6-10-18(15)22;1-12-10-15(20)19(22)18(11-12)21-16-8-4-2-6-13(16)14-7-3-5-9-17(14)21;1-13-10-11-19(21)18(12-13)20-16-8-4-2-6-14(16)15-7-3-5-9-17(15)20;1-3-7-11-9(5-1)10-6-2-4-8-12(10)13-11;1-6-3-4-8(10-2)7(9)5-6;7-5-3-1-2-4-6(5)8;;1-3-2;1-2/h2-16H,17H2,1H3;3-12H,1-2H3;2-11,22H,1H3;2-12,21H,1H3;1-8,13H;3-5H,1-2H3;5-6H,1-4,7-8H2;1H4;;/t;;;;;;5-,6-;;;/m......1.../s1. The van der Waals surface area contributed by atoms with Crippen molar-refractivity contribution in [2.45, 2.75) is 86.4 Å². The Balaban J connectivity index is 0.000000134. The summed E-state index contributed by atoms with van der Waals surface area (Å²) in [4.78, 5) is 3.38. The lowest BCUT2D eigenvalue weighted by atomic mass is 9.40. The van der Waals surface area contributed by atoms with Crippen LogP contribution in [0.1, 0.15) is 66.5 Å². The average molecular weight is 1990 g/mol. The van der Waals surface area contributed by atoms with Gasteiger partial charge in [0.2, 0.25) is 0 Å². The van der Waals surface area contributed by atoms with Crippen molar-refractivity contribution in [3.8, 4) is 51.5 Å². The zero-order chi connectivity index (χ0) is 92.4. The molecule has 0 saturated heterocycles. The Labute approximate surface area is 812 Å². The molecule has 0 bridgehead atoms. The van der Waals surface area contributed by atoms with Crippen molar-refractivity contribution in [2.24, 2.45) is 11.5 Å². The quantitative estimate of drug-likeness (QED) is 0.0901. The topological polar surface area (TPSA) is 156 Å². The second kappa shape index (κ2) is 45.7. The van der Waals surface area contributed by atoms with E-state index < -0.39 is 0 Å². The Kier molecular flexibility index (Phi) is 33.6. The number of aromatic hydroxyl groups is 2. The number of nitrogens with one attached hydrogen (secondary N) is 1. The number of hydrogen-bond acceptors (Lipinski definition) is 7. The van der Waals surface area contributed by atoms with E-state index in [2.05, 4.69) is 374 Å². The van der Waals surface area contributed by atoms with Crippen LogP contribution in [0.15, 0.2) is 364 Å². The van der Waals surface area contributed by atoms with Crippen LogP contribution in [0.25, 0.3) is 132 Å². The van der Waals surface area contributed by atoms with Crippen LogP contribution in [-0.2, 0) is 6.61 Å². The highest BCUT2D eigenvalue weighted by Crippen LogP contribution is 2.44. The molecule has 0 spiro atoms. The van der Waals surface area contributed by atoms with E-state index in [1.807, 2.05) is 118 Å². The first-order chi connectivity index (χ1) is 63.7. The SMILES string of the molecule is C.COc1c(Br)cc(C)cc1-n1c2ccccc2c2ccccc21.COc1ccc(C)cc1Br.Cc1cc(Br)c(O)c(-n2c3ccccc3c3ccccc32)c1.Cc1cc(Br)c(OCc2ccccc2)c(-n2c3ccccc3c3ccccc32)c1.Cc1ccc(O)c(-n2c3ccccc3c3ccccc32)c1.N[C@@H]1CCCC[C@H]1N.[B][B].[B][B][B].c1ccc2c(c1)[nH]c1ccccc12. The summed E-state index contributed by atoms with van der Waals surface area (Å²) in [6.07, 6.45) is 4.80. The molecule has 9 radical (unpaired) electrons. The normalized spacial score (nSPS) is 12.5. The summed E-state index contributed by atoms with van der Waals surface area (Å²) in [5.41, 5.74) is 33.6. The van der Waals surface area contributed by atoms with Crippen LogP contribution in [-0.4, -0.2) is 97.8 Å². The van der Waals surface area contributed by atoms with Gasteiger partial charge < -0.3 is 59.1 Å². The number of aromatic amines is 1. The zero-order valence-electron chi connectivity index (χ0n) is 74.1. The maximum absolute atomic E-state index is 10.5. The van der Waals surface area contributed by atoms with Crippen molar-refractivity contribution in [3.05, 3.63) is 397 Å². The highest BCUT2D eigenvalue weighted by Gasteiger charge is 2.23. The summed E-state index contributed by atoms with van der Waals surface area (Å²) < 4.78 is 29.6. The van der Waals surface area contributed by atoms with E-state index in [1.54, 1.807) is 20.3 Å². The van der Waals surface area contributed by atoms with Gasteiger partial charge in [0.15, 0.2) is 17.2 Å². The molecular formula is C111H101B5Br4N7O5. The second-order valence-corrected chi connectivity index (χ2v) is 35.3. The molecule has 12 nitrogen and oxygen atoms in total. The molecule has 22 rings (SSSR count). The Hall–Kier alpha value is -12.3. The van der Waals surface area contributed by atoms with Gasteiger partial charge in [-0.3, -0.25) is 0 Å². The predicted molar refractivity (Wildman–Crippen MR) is 577 cm³/mol. The predicted octanol–water partition coefficient (Wildman–Crippen LogP) is 28.7. The van der Waals surface area contributed by atoms with Gasteiger partial charge in [0.25, 0.3) is 0 Å². The van der Waals surface area contributed by atoms with Crippen LogP contribution in [0.4, 0.5) is 0 Å². The van der Waals surface area contributed by atoms with Gasteiger partial charge in [-0.2, -0.15) is 0 Å². The fourth-order valence-electron chi connectivity index (χ4n) is 17.0. The number of phenolic OH excluding ortho intramolecular Hbond substituents is 2. The summed E-state index contributed by atoms with van der Waals surface area (Å²) in [5.74, 6) is 3.14. The van der Waals surface area contributed by atoms with Crippen LogP contribution in [0.5, 0.6) is 28.7 Å². The van der Waals surface area contributed by atoms with Crippen molar-refractivity contribution in [1.82, 2.24) is 23.3 Å². The lowest BCUT2D eigenvalue weighted by Crippen LogP contribution is -2.43. The summed E-state index contributed by atoms with van der Waals surface area (Å²) in [6, 6.07) is 119. The first-order valence-electron chi connectivity index (χ1n) is 43.1. The van der Waals surface area contributed by atoms with Crippen LogP contribution in [0, 0.1) is 34.6 Å². The Bertz CT molecular complexity index is 7270. The largest absolute Gasteiger partial charge is 0.506 e. The summed E-state index contributed by atoms with van der Waals surface area (Å²) in [6.45, 7) is 10.8. The molecule has 5 heterocycles. The molecule has 5 aromatic heterocycles. The third-order valence-corrected chi connectivity index (χ3v) is 25.4. The minimum Gasteiger partial charge on any atom is -0.506 e. The number of aryl methyl sites for hydroxylation is 5. The second-order valence-electron chi connectivity index (χ2n) is 31.9. The van der Waals surface area contributed by atoms with Crippen molar-refractivity contribution in [3.63, 3.8) is 0 Å². The van der Waals surface area contributed by atoms with Gasteiger partial charge in [0.05, 0.1) is 99.0 Å². The van der Waals surface area contributed by atoms with Crippen LogP contribution >= 0.6 is 63.7 Å². The van der Waals surface area contributed by atoms with Crippen molar-refractivity contribution < 1.29 is 24.4 Å². The Morgan fingerprint density at radius 2 is 0.629 bits per heavy atom. The molecule has 0 aliphatic heterocycles. The molecule has 1 fully saturated rings. The molecule has 16 aromatic carbocycles. The van der Waals surface area contributed by atoms with E-state index in [0.29, 0.717) is 16.8 Å². The summed E-state index contributed by atoms with van der Waals surface area (Å²) in [5, 5.41) is 33.2. The van der Waals surface area contributed by atoms with Gasteiger partial charge in [0, 0.05) is 115 Å². The highest BCUT2D eigenvalue weighted by molar-refractivity contribution is 9.11. The van der Waals surface area contributed by atoms with Gasteiger partial charge in [-0.15, -0.1) is 0 Å². The Morgan fingerprint density at radius 3 is 0.992 bits per heavy atom. The summed E-state index contributed by atoms with van der Waals surface area (Å²) in [7, 11) is 21.4. The number of fused-ring (bicyclic) bond motifs is 15. The minimum absolute atomic E-state index is 0. The summed E-state index contributed by atoms with van der Waals surface area (Å²) >= 11 is 14.2. The Morgan fingerprint density at radius 1 is 0.341 bits per heavy atom. The number of nitrogens with two attached hydrogens (primary N) is 2. The first kappa shape index (κ1) is 97.2. The average Bonchev–Trinajstić information content (AvgIpc) is 1.62. The van der Waals surface area contributed by atoms with E-state index in [9.17, 15) is 10.2 Å². The monoisotopic (exact) mass is 1980 g/mol. The molecule has 21 aromatic rings. The number of nitrogens with zero attached hydrogens (tertiary/aromatic N) is 4. The van der Waals surface area contributed by atoms with E-state index in [-0.39, 0.29) is 25.3 Å². The van der Waals surface area contributed by atoms with Gasteiger partial charge >= 0.3 is 0 Å². The lowest BCUT2D eigenvalue weighted by Gasteiger charge is -2.24. The van der Waals surface area contributed by atoms with Gasteiger partial charge in [0.1, 0.15) is 18.1 Å². The third kappa shape index (κ3) is 21.7. The van der Waals surface area contributed by atoms with E-state index >= 15 is 0 Å². The fourth-order valence-corrected chi connectivity index (χ4v) is 19.6. The first-order valence-corrected chi connectivity index (χ1v) is 46.3. The number of rotatable bonds is 9. The maximum atomic E-state index is 10.5. The van der Waals surface area contributed by atoms with E-state index in [1.165, 1.54) is 116 Å². The number of ether oxygens (including phenoxy) is 3. The number of benzene rings is 16. The number of hydrogen-bond donors (Lipinski definition) is 5. The number of halogens is 4.